The van der Waals surface area contributed by atoms with Crippen LogP contribution in [0.4, 0.5) is 5.82 Å². The second-order valence-electron chi connectivity index (χ2n) is 4.87. The summed E-state index contributed by atoms with van der Waals surface area (Å²) in [4.78, 5) is 8.70. The molecule has 0 amide bonds. The van der Waals surface area contributed by atoms with Crippen LogP contribution in [0.2, 0.25) is 0 Å². The number of aryl methyl sites for hydroxylation is 2. The van der Waals surface area contributed by atoms with Gasteiger partial charge in [-0.05, 0) is 19.3 Å². The fraction of sp³-hybridized carbons (Fsp3) is 0.500. The second-order valence-corrected chi connectivity index (χ2v) is 4.87. The van der Waals surface area contributed by atoms with E-state index in [0.717, 1.165) is 35.2 Å². The third-order valence-electron chi connectivity index (χ3n) is 2.87. The van der Waals surface area contributed by atoms with Gasteiger partial charge in [0, 0.05) is 17.8 Å². The molecule has 0 saturated heterocycles. The van der Waals surface area contributed by atoms with Gasteiger partial charge in [0.1, 0.15) is 11.6 Å². The van der Waals surface area contributed by atoms with Gasteiger partial charge in [0.05, 0.1) is 12.2 Å². The van der Waals surface area contributed by atoms with E-state index in [4.69, 9.17) is 4.52 Å². The highest BCUT2D eigenvalue weighted by molar-refractivity contribution is 5.36. The summed E-state index contributed by atoms with van der Waals surface area (Å²) in [6.45, 7) is 8.75. The normalized spacial score (nSPS) is 11.0. The van der Waals surface area contributed by atoms with Crippen molar-refractivity contribution in [2.45, 2.75) is 46.6 Å². The van der Waals surface area contributed by atoms with Gasteiger partial charge in [0.25, 0.3) is 0 Å². The zero-order valence-electron chi connectivity index (χ0n) is 11.9. The Balaban J connectivity index is 2.03. The molecular weight excluding hydrogens is 240 g/mol. The van der Waals surface area contributed by atoms with Gasteiger partial charge in [-0.3, -0.25) is 0 Å². The van der Waals surface area contributed by atoms with Crippen LogP contribution in [-0.4, -0.2) is 15.1 Å². The van der Waals surface area contributed by atoms with Crippen molar-refractivity contribution in [3.05, 3.63) is 35.1 Å². The highest BCUT2D eigenvalue weighted by atomic mass is 16.5. The summed E-state index contributed by atoms with van der Waals surface area (Å²) < 4.78 is 5.28. The molecular formula is C14H20N4O. The summed E-state index contributed by atoms with van der Waals surface area (Å²) in [5.74, 6) is 2.80. The van der Waals surface area contributed by atoms with E-state index >= 15 is 0 Å². The topological polar surface area (TPSA) is 63.8 Å². The van der Waals surface area contributed by atoms with E-state index in [1.165, 1.54) is 0 Å². The molecule has 0 aliphatic heterocycles. The highest BCUT2D eigenvalue weighted by Gasteiger charge is 2.08. The molecule has 0 aliphatic carbocycles. The predicted molar refractivity (Wildman–Crippen MR) is 74.1 cm³/mol. The molecule has 1 N–H and O–H groups in total. The molecule has 5 heteroatoms. The van der Waals surface area contributed by atoms with Crippen LogP contribution in [0, 0.1) is 6.92 Å². The van der Waals surface area contributed by atoms with Crippen LogP contribution in [-0.2, 0) is 13.0 Å². The standard InChI is InChI=1S/C14H20N4O/c1-5-11-6-14(17-10(4)16-11)15-8-12-7-13(9(2)3)18-19-12/h6-7,9H,5,8H2,1-4H3,(H,15,16,17). The lowest BCUT2D eigenvalue weighted by molar-refractivity contribution is 0.379. The van der Waals surface area contributed by atoms with Crippen LogP contribution in [0.25, 0.3) is 0 Å². The molecule has 2 aromatic heterocycles. The van der Waals surface area contributed by atoms with Gasteiger partial charge in [-0.2, -0.15) is 0 Å². The molecule has 0 aliphatic rings. The summed E-state index contributed by atoms with van der Waals surface area (Å²) in [5.41, 5.74) is 2.01. The maximum Gasteiger partial charge on any atom is 0.156 e. The Bertz CT molecular complexity index is 548. The zero-order chi connectivity index (χ0) is 13.8. The maximum absolute atomic E-state index is 5.28. The minimum atomic E-state index is 0.380. The monoisotopic (exact) mass is 260 g/mol. The average Bonchev–Trinajstić information content (AvgIpc) is 2.84. The number of hydrogen-bond acceptors (Lipinski definition) is 5. The van der Waals surface area contributed by atoms with Gasteiger partial charge >= 0.3 is 0 Å². The molecule has 0 fully saturated rings. The van der Waals surface area contributed by atoms with Crippen molar-refractivity contribution in [1.82, 2.24) is 15.1 Å². The third-order valence-corrected chi connectivity index (χ3v) is 2.87. The third kappa shape index (κ3) is 3.53. The largest absolute Gasteiger partial charge is 0.363 e. The summed E-state index contributed by atoms with van der Waals surface area (Å²) in [7, 11) is 0. The molecule has 0 spiro atoms. The first-order valence-electron chi connectivity index (χ1n) is 6.62. The van der Waals surface area contributed by atoms with E-state index in [2.05, 4.69) is 41.2 Å². The number of rotatable bonds is 5. The van der Waals surface area contributed by atoms with Crippen molar-refractivity contribution >= 4 is 5.82 Å². The first kappa shape index (κ1) is 13.5. The van der Waals surface area contributed by atoms with E-state index in [0.29, 0.717) is 12.5 Å². The molecule has 0 atom stereocenters. The van der Waals surface area contributed by atoms with E-state index in [-0.39, 0.29) is 0 Å². The van der Waals surface area contributed by atoms with Crippen molar-refractivity contribution < 1.29 is 4.52 Å². The number of nitrogens with zero attached hydrogens (tertiary/aromatic N) is 3. The molecule has 2 heterocycles. The lowest BCUT2D eigenvalue weighted by Gasteiger charge is -2.05. The van der Waals surface area contributed by atoms with Crippen molar-refractivity contribution in [3.63, 3.8) is 0 Å². The van der Waals surface area contributed by atoms with Gasteiger partial charge in [-0.25, -0.2) is 9.97 Å². The van der Waals surface area contributed by atoms with Crippen LogP contribution in [0.1, 0.15) is 49.7 Å². The molecule has 102 valence electrons. The smallest absolute Gasteiger partial charge is 0.156 e. The number of aromatic nitrogens is 3. The summed E-state index contributed by atoms with van der Waals surface area (Å²) >= 11 is 0. The van der Waals surface area contributed by atoms with Crippen molar-refractivity contribution in [1.29, 1.82) is 0 Å². The zero-order valence-corrected chi connectivity index (χ0v) is 11.9. The highest BCUT2D eigenvalue weighted by Crippen LogP contribution is 2.15. The lowest BCUT2D eigenvalue weighted by Crippen LogP contribution is -2.04. The number of anilines is 1. The van der Waals surface area contributed by atoms with Crippen molar-refractivity contribution in [2.24, 2.45) is 0 Å². The molecule has 0 aromatic carbocycles. The average molecular weight is 260 g/mol. The van der Waals surface area contributed by atoms with Gasteiger partial charge < -0.3 is 9.84 Å². The molecule has 0 radical (unpaired) electrons. The predicted octanol–water partition coefficient (Wildman–Crippen LogP) is 3.07. The van der Waals surface area contributed by atoms with E-state index < -0.39 is 0 Å². The molecule has 0 bridgehead atoms. The SMILES string of the molecule is CCc1cc(NCc2cc(C(C)C)no2)nc(C)n1. The van der Waals surface area contributed by atoms with Crippen LogP contribution < -0.4 is 5.32 Å². The Hall–Kier alpha value is -1.91. The van der Waals surface area contributed by atoms with Gasteiger partial charge in [-0.15, -0.1) is 0 Å². The molecule has 0 saturated carbocycles. The van der Waals surface area contributed by atoms with Crippen LogP contribution in [0.5, 0.6) is 0 Å². The first-order valence-corrected chi connectivity index (χ1v) is 6.62. The fourth-order valence-corrected chi connectivity index (χ4v) is 1.76. The lowest BCUT2D eigenvalue weighted by atomic mass is 10.1. The molecule has 5 nitrogen and oxygen atoms in total. The molecule has 19 heavy (non-hydrogen) atoms. The van der Waals surface area contributed by atoms with Gasteiger partial charge in [0.15, 0.2) is 5.76 Å². The summed E-state index contributed by atoms with van der Waals surface area (Å²) in [6, 6.07) is 3.94. The molecule has 2 rings (SSSR count). The second kappa shape index (κ2) is 5.82. The van der Waals surface area contributed by atoms with Crippen LogP contribution in [0.3, 0.4) is 0 Å². The van der Waals surface area contributed by atoms with E-state index in [1.807, 2.05) is 19.1 Å². The van der Waals surface area contributed by atoms with Crippen LogP contribution in [0.15, 0.2) is 16.7 Å². The van der Waals surface area contributed by atoms with Crippen molar-refractivity contribution in [3.8, 4) is 0 Å². The van der Waals surface area contributed by atoms with E-state index in [9.17, 15) is 0 Å². The summed E-state index contributed by atoms with van der Waals surface area (Å²) in [5, 5.41) is 7.28. The quantitative estimate of drug-likeness (QED) is 0.895. The van der Waals surface area contributed by atoms with Gasteiger partial charge in [-0.1, -0.05) is 25.9 Å². The minimum absolute atomic E-state index is 0.380. The van der Waals surface area contributed by atoms with E-state index in [1.54, 1.807) is 0 Å². The Morgan fingerprint density at radius 2 is 2.05 bits per heavy atom. The number of nitrogens with one attached hydrogen (secondary N) is 1. The van der Waals surface area contributed by atoms with Crippen molar-refractivity contribution in [2.75, 3.05) is 5.32 Å². The first-order chi connectivity index (χ1) is 9.08. The van der Waals surface area contributed by atoms with Crippen LogP contribution >= 0.6 is 0 Å². The summed E-state index contributed by atoms with van der Waals surface area (Å²) in [6.07, 6.45) is 0.901. The van der Waals surface area contributed by atoms with Gasteiger partial charge in [0.2, 0.25) is 0 Å². The Kier molecular flexibility index (Phi) is 4.14. The maximum atomic E-state index is 5.28. The molecule has 0 unspecified atom stereocenters. The Morgan fingerprint density at radius 3 is 2.68 bits per heavy atom. The fourth-order valence-electron chi connectivity index (χ4n) is 1.76. The molecule has 2 aromatic rings. The minimum Gasteiger partial charge on any atom is -0.363 e. The Labute approximate surface area is 113 Å². The number of hydrogen-bond donors (Lipinski definition) is 1. The Morgan fingerprint density at radius 1 is 1.26 bits per heavy atom.